The van der Waals surface area contributed by atoms with E-state index in [2.05, 4.69) is 38.4 Å². The van der Waals surface area contributed by atoms with E-state index in [4.69, 9.17) is 9.47 Å². The summed E-state index contributed by atoms with van der Waals surface area (Å²) in [6.45, 7) is 12.6. The average molecular weight is 521 g/mol. The van der Waals surface area contributed by atoms with Gasteiger partial charge in [0.25, 0.3) is 0 Å². The summed E-state index contributed by atoms with van der Waals surface area (Å²) in [6, 6.07) is 9.91. The summed E-state index contributed by atoms with van der Waals surface area (Å²) < 4.78 is 11.7. The van der Waals surface area contributed by atoms with E-state index in [9.17, 15) is 10.1 Å². The summed E-state index contributed by atoms with van der Waals surface area (Å²) in [4.78, 5) is 21.9. The molecule has 1 saturated carbocycles. The molecule has 38 heavy (non-hydrogen) atoms. The van der Waals surface area contributed by atoms with Gasteiger partial charge in [0.2, 0.25) is 0 Å². The van der Waals surface area contributed by atoms with Gasteiger partial charge in [-0.05, 0) is 71.2 Å². The normalized spacial score (nSPS) is 17.0. The zero-order valence-electron chi connectivity index (χ0n) is 23.0. The fourth-order valence-corrected chi connectivity index (χ4v) is 4.86. The van der Waals surface area contributed by atoms with Crippen molar-refractivity contribution in [3.8, 4) is 11.8 Å². The largest absolute Gasteiger partial charge is 0.489 e. The van der Waals surface area contributed by atoms with Crippen molar-refractivity contribution in [2.24, 2.45) is 0 Å². The van der Waals surface area contributed by atoms with E-state index in [0.717, 1.165) is 64.1 Å². The Balaban J connectivity index is 1.58. The minimum absolute atomic E-state index is 0.114. The standard InChI is InChI=1S/C29H40N6O3/c1-5-34-13-15-35(16-14-34)22-11-12-24(25(17-22)33-28(36)38-29(2,3)4)32-27-18-26(21(19-30)20-31-27)37-23-9-7-6-8-10-23/h11-12,17-18,20,23H,5-10,13-16H2,1-4H3,(H,31,32)(H,33,36). The number of benzene rings is 1. The molecule has 1 saturated heterocycles. The van der Waals surface area contributed by atoms with Crippen molar-refractivity contribution < 1.29 is 14.3 Å². The lowest BCUT2D eigenvalue weighted by molar-refractivity contribution is 0.0636. The molecule has 2 heterocycles. The molecule has 2 aromatic rings. The van der Waals surface area contributed by atoms with Crippen LogP contribution < -0.4 is 20.3 Å². The number of aromatic nitrogens is 1. The molecule has 0 bridgehead atoms. The van der Waals surface area contributed by atoms with E-state index in [1.807, 2.05) is 39.0 Å². The first kappa shape index (κ1) is 27.5. The first-order valence-electron chi connectivity index (χ1n) is 13.7. The molecule has 1 aromatic heterocycles. The molecule has 4 rings (SSSR count). The molecule has 204 valence electrons. The molecule has 1 aromatic carbocycles. The first-order chi connectivity index (χ1) is 18.2. The Hall–Kier alpha value is -3.51. The van der Waals surface area contributed by atoms with Gasteiger partial charge in [-0.2, -0.15) is 5.26 Å². The Morgan fingerprint density at radius 1 is 1.11 bits per heavy atom. The first-order valence-corrected chi connectivity index (χ1v) is 13.7. The van der Waals surface area contributed by atoms with E-state index < -0.39 is 11.7 Å². The van der Waals surface area contributed by atoms with Gasteiger partial charge in [0.15, 0.2) is 0 Å². The number of anilines is 4. The number of piperazine rings is 1. The van der Waals surface area contributed by atoms with Crippen LogP contribution in [-0.4, -0.2) is 60.4 Å². The quantitative estimate of drug-likeness (QED) is 0.465. The Morgan fingerprint density at radius 3 is 2.50 bits per heavy atom. The van der Waals surface area contributed by atoms with Crippen LogP contribution in [0.25, 0.3) is 0 Å². The van der Waals surface area contributed by atoms with Gasteiger partial charge in [-0.1, -0.05) is 13.3 Å². The molecule has 1 aliphatic heterocycles. The zero-order chi connectivity index (χ0) is 27.1. The number of amides is 1. The number of carbonyl (C=O) groups is 1. The van der Waals surface area contributed by atoms with Gasteiger partial charge in [-0.3, -0.25) is 5.32 Å². The summed E-state index contributed by atoms with van der Waals surface area (Å²) >= 11 is 0. The Morgan fingerprint density at radius 2 is 1.84 bits per heavy atom. The highest BCUT2D eigenvalue weighted by molar-refractivity contribution is 5.92. The van der Waals surface area contributed by atoms with Gasteiger partial charge in [-0.25, -0.2) is 9.78 Å². The Labute approximate surface area is 226 Å². The molecule has 2 N–H and O–H groups in total. The predicted octanol–water partition coefficient (Wildman–Crippen LogP) is 5.90. The third-order valence-corrected chi connectivity index (χ3v) is 6.92. The fourth-order valence-electron chi connectivity index (χ4n) is 4.86. The van der Waals surface area contributed by atoms with Gasteiger partial charge >= 0.3 is 6.09 Å². The van der Waals surface area contributed by atoms with Gasteiger partial charge in [-0.15, -0.1) is 0 Å². The van der Waals surface area contributed by atoms with E-state index >= 15 is 0 Å². The molecule has 1 aliphatic carbocycles. The molecule has 9 heteroatoms. The van der Waals surface area contributed by atoms with E-state index in [1.54, 1.807) is 6.07 Å². The van der Waals surface area contributed by atoms with E-state index in [-0.39, 0.29) is 6.10 Å². The van der Waals surface area contributed by atoms with Crippen LogP contribution in [0.4, 0.5) is 27.7 Å². The summed E-state index contributed by atoms with van der Waals surface area (Å²) in [6.07, 6.45) is 6.62. The van der Waals surface area contributed by atoms with Gasteiger partial charge < -0.3 is 24.6 Å². The lowest BCUT2D eigenvalue weighted by Gasteiger charge is -2.35. The summed E-state index contributed by atoms with van der Waals surface area (Å²) in [5.74, 6) is 1.07. The van der Waals surface area contributed by atoms with Gasteiger partial charge in [0.1, 0.15) is 28.8 Å². The summed E-state index contributed by atoms with van der Waals surface area (Å²) in [7, 11) is 0. The number of pyridine rings is 1. The molecule has 0 atom stereocenters. The second-order valence-electron chi connectivity index (χ2n) is 11.0. The van der Waals surface area contributed by atoms with Gasteiger partial charge in [0, 0.05) is 37.9 Å². The molecular weight excluding hydrogens is 480 g/mol. The second-order valence-corrected chi connectivity index (χ2v) is 11.0. The van der Waals surface area contributed by atoms with Crippen molar-refractivity contribution in [1.82, 2.24) is 9.88 Å². The number of hydrogen-bond acceptors (Lipinski definition) is 8. The van der Waals surface area contributed by atoms with Crippen LogP contribution in [0.3, 0.4) is 0 Å². The van der Waals surface area contributed by atoms with Crippen LogP contribution in [0, 0.1) is 11.3 Å². The van der Waals surface area contributed by atoms with Crippen LogP contribution >= 0.6 is 0 Å². The molecule has 2 aliphatic rings. The number of nitrogens with zero attached hydrogens (tertiary/aromatic N) is 4. The van der Waals surface area contributed by atoms with E-state index in [1.165, 1.54) is 12.6 Å². The van der Waals surface area contributed by atoms with E-state index in [0.29, 0.717) is 28.5 Å². The minimum atomic E-state index is -0.619. The fraction of sp³-hybridized carbons (Fsp3) is 0.552. The van der Waals surface area contributed by atoms with Crippen LogP contribution in [0.15, 0.2) is 30.5 Å². The number of nitriles is 1. The van der Waals surface area contributed by atoms with Crippen molar-refractivity contribution in [3.63, 3.8) is 0 Å². The zero-order valence-corrected chi connectivity index (χ0v) is 23.0. The third kappa shape index (κ3) is 7.51. The molecule has 0 radical (unpaired) electrons. The smallest absolute Gasteiger partial charge is 0.412 e. The average Bonchev–Trinajstić information content (AvgIpc) is 2.89. The second kappa shape index (κ2) is 12.4. The van der Waals surface area contributed by atoms with Crippen molar-refractivity contribution in [1.29, 1.82) is 5.26 Å². The number of hydrogen-bond donors (Lipinski definition) is 2. The molecule has 9 nitrogen and oxygen atoms in total. The number of carbonyl (C=O) groups excluding carboxylic acids is 1. The monoisotopic (exact) mass is 520 g/mol. The SMILES string of the molecule is CCN1CCN(c2ccc(Nc3cc(OC4CCCCC4)c(C#N)cn3)c(NC(=O)OC(C)(C)C)c2)CC1. The summed E-state index contributed by atoms with van der Waals surface area (Å²) in [5, 5.41) is 15.8. The molecule has 0 unspecified atom stereocenters. The lowest BCUT2D eigenvalue weighted by Crippen LogP contribution is -2.46. The third-order valence-electron chi connectivity index (χ3n) is 6.92. The Kier molecular flexibility index (Phi) is 8.95. The van der Waals surface area contributed by atoms with Crippen LogP contribution in [0.5, 0.6) is 5.75 Å². The molecule has 0 spiro atoms. The molecular formula is C29H40N6O3. The van der Waals surface area contributed by atoms with Crippen molar-refractivity contribution in [3.05, 3.63) is 36.0 Å². The minimum Gasteiger partial charge on any atom is -0.489 e. The molecule has 2 fully saturated rings. The van der Waals surface area contributed by atoms with Crippen molar-refractivity contribution in [2.75, 3.05) is 48.3 Å². The lowest BCUT2D eigenvalue weighted by atomic mass is 9.98. The topological polar surface area (TPSA) is 103 Å². The molecule has 1 amide bonds. The predicted molar refractivity (Wildman–Crippen MR) is 150 cm³/mol. The maximum atomic E-state index is 12.7. The van der Waals surface area contributed by atoms with Crippen LogP contribution in [0.1, 0.15) is 65.4 Å². The Bertz CT molecular complexity index is 1140. The number of rotatable bonds is 7. The number of likely N-dealkylation sites (N-methyl/N-ethyl adjacent to an activating group) is 1. The van der Waals surface area contributed by atoms with Gasteiger partial charge in [0.05, 0.1) is 23.7 Å². The van der Waals surface area contributed by atoms with Crippen LogP contribution in [-0.2, 0) is 4.74 Å². The highest BCUT2D eigenvalue weighted by atomic mass is 16.6. The van der Waals surface area contributed by atoms with Crippen molar-refractivity contribution >= 4 is 29.0 Å². The highest BCUT2D eigenvalue weighted by Gasteiger charge is 2.21. The van der Waals surface area contributed by atoms with Crippen molar-refractivity contribution in [2.45, 2.75) is 71.5 Å². The maximum absolute atomic E-state index is 12.7. The van der Waals surface area contributed by atoms with Crippen LogP contribution in [0.2, 0.25) is 0 Å². The number of nitrogens with one attached hydrogen (secondary N) is 2. The summed E-state index contributed by atoms with van der Waals surface area (Å²) in [5.41, 5.74) is 2.09. The number of ether oxygens (including phenoxy) is 2. The highest BCUT2D eigenvalue weighted by Crippen LogP contribution is 2.33. The maximum Gasteiger partial charge on any atom is 0.412 e.